The molecule has 1 fully saturated rings. The van der Waals surface area contributed by atoms with Gasteiger partial charge in [-0.2, -0.15) is 0 Å². The van der Waals surface area contributed by atoms with Gasteiger partial charge in [0.25, 0.3) is 0 Å². The minimum Gasteiger partial charge on any atom is -0.493 e. The maximum atomic E-state index is 12.2. The van der Waals surface area contributed by atoms with Crippen LogP contribution in [0.1, 0.15) is 31.7 Å². The third-order valence-electron chi connectivity index (χ3n) is 5.15. The van der Waals surface area contributed by atoms with Crippen LogP contribution >= 0.6 is 0 Å². The van der Waals surface area contributed by atoms with E-state index in [2.05, 4.69) is 17.1 Å². The fourth-order valence-corrected chi connectivity index (χ4v) is 3.36. The monoisotopic (exact) mass is 391 g/mol. The Hall–Kier alpha value is -2.28. The van der Waals surface area contributed by atoms with Gasteiger partial charge in [-0.25, -0.2) is 0 Å². The second kappa shape index (κ2) is 11.5. The summed E-state index contributed by atoms with van der Waals surface area (Å²) >= 11 is 0. The topological polar surface area (TPSA) is 71.1 Å². The maximum Gasteiger partial charge on any atom is 0.224 e. The molecule has 2 rings (SSSR count). The van der Waals surface area contributed by atoms with Gasteiger partial charge in [0.15, 0.2) is 11.5 Å². The molecule has 1 aliphatic heterocycles. The minimum atomic E-state index is -0.0101. The average molecular weight is 392 g/mol. The number of piperazine rings is 1. The van der Waals surface area contributed by atoms with Crippen molar-refractivity contribution >= 4 is 11.8 Å². The molecule has 0 aliphatic carbocycles. The molecule has 1 saturated heterocycles. The number of nitrogens with one attached hydrogen (secondary N) is 1. The Labute approximate surface area is 168 Å². The molecule has 2 amide bonds. The molecule has 1 aliphatic rings. The van der Waals surface area contributed by atoms with Gasteiger partial charge in [0.1, 0.15) is 0 Å². The van der Waals surface area contributed by atoms with Gasteiger partial charge in [-0.3, -0.25) is 9.59 Å². The van der Waals surface area contributed by atoms with Crippen molar-refractivity contribution in [3.05, 3.63) is 23.8 Å². The Morgan fingerprint density at radius 1 is 1.04 bits per heavy atom. The lowest BCUT2D eigenvalue weighted by atomic mass is 10.1. The van der Waals surface area contributed by atoms with Crippen molar-refractivity contribution in [3.63, 3.8) is 0 Å². The molecule has 0 bridgehead atoms. The van der Waals surface area contributed by atoms with Crippen molar-refractivity contribution in [2.24, 2.45) is 0 Å². The van der Waals surface area contributed by atoms with Crippen molar-refractivity contribution in [2.75, 3.05) is 53.5 Å². The van der Waals surface area contributed by atoms with E-state index in [1.54, 1.807) is 14.2 Å². The van der Waals surface area contributed by atoms with Crippen molar-refractivity contribution in [2.45, 2.75) is 32.6 Å². The molecule has 7 nitrogen and oxygen atoms in total. The van der Waals surface area contributed by atoms with Crippen molar-refractivity contribution in [1.82, 2.24) is 15.1 Å². The van der Waals surface area contributed by atoms with Gasteiger partial charge in [-0.05, 0) is 37.1 Å². The smallest absolute Gasteiger partial charge is 0.224 e. The van der Waals surface area contributed by atoms with E-state index in [0.29, 0.717) is 30.9 Å². The molecule has 1 aromatic carbocycles. The second-order valence-corrected chi connectivity index (χ2v) is 6.96. The highest BCUT2D eigenvalue weighted by Gasteiger charge is 2.19. The zero-order valence-corrected chi connectivity index (χ0v) is 17.3. The molecule has 28 heavy (non-hydrogen) atoms. The number of rotatable bonds is 10. The molecule has 0 unspecified atom stereocenters. The second-order valence-electron chi connectivity index (χ2n) is 6.96. The summed E-state index contributed by atoms with van der Waals surface area (Å²) < 4.78 is 10.5. The number of hydrogen-bond donors (Lipinski definition) is 1. The Bertz CT molecular complexity index is 643. The lowest BCUT2D eigenvalue weighted by Gasteiger charge is -2.34. The fraction of sp³-hybridized carbons (Fsp3) is 0.619. The van der Waals surface area contributed by atoms with Crippen LogP contribution in [-0.2, 0) is 16.0 Å². The summed E-state index contributed by atoms with van der Waals surface area (Å²) in [5, 5.41) is 2.86. The molecule has 0 aromatic heterocycles. The van der Waals surface area contributed by atoms with Crippen molar-refractivity contribution < 1.29 is 19.1 Å². The van der Waals surface area contributed by atoms with E-state index in [4.69, 9.17) is 9.47 Å². The molecule has 0 radical (unpaired) electrons. The Kier molecular flexibility index (Phi) is 9.07. The molecule has 0 saturated carbocycles. The first kappa shape index (κ1) is 22.0. The van der Waals surface area contributed by atoms with Gasteiger partial charge in [-0.15, -0.1) is 0 Å². The Balaban J connectivity index is 1.62. The van der Waals surface area contributed by atoms with Crippen LogP contribution in [0.25, 0.3) is 0 Å². The van der Waals surface area contributed by atoms with Crippen molar-refractivity contribution in [3.8, 4) is 11.5 Å². The van der Waals surface area contributed by atoms with E-state index >= 15 is 0 Å². The highest BCUT2D eigenvalue weighted by molar-refractivity contribution is 5.79. The van der Waals surface area contributed by atoms with Gasteiger partial charge in [-0.1, -0.05) is 13.0 Å². The molecule has 7 heteroatoms. The Morgan fingerprint density at radius 2 is 1.75 bits per heavy atom. The molecule has 156 valence electrons. The fourth-order valence-electron chi connectivity index (χ4n) is 3.36. The first-order valence-corrected chi connectivity index (χ1v) is 10.0. The molecular formula is C21H33N3O4. The summed E-state index contributed by atoms with van der Waals surface area (Å²) in [6, 6.07) is 5.80. The number of benzene rings is 1. The minimum absolute atomic E-state index is 0.0101. The van der Waals surface area contributed by atoms with E-state index in [1.807, 2.05) is 23.1 Å². The standard InChI is InChI=1S/C21H33N3O4/c1-4-23-12-14-24(15-13-23)21(26)10-11-22-20(25)7-5-6-17-8-9-18(27-2)19(16-17)28-3/h8-9,16H,4-7,10-15H2,1-3H3,(H,22,25). The summed E-state index contributed by atoms with van der Waals surface area (Å²) in [7, 11) is 3.22. The number of hydrogen-bond acceptors (Lipinski definition) is 5. The van der Waals surface area contributed by atoms with Gasteiger partial charge in [0.2, 0.25) is 11.8 Å². The summed E-state index contributed by atoms with van der Waals surface area (Å²) in [5.41, 5.74) is 1.10. The van der Waals surface area contributed by atoms with Gasteiger partial charge in [0.05, 0.1) is 14.2 Å². The molecule has 1 heterocycles. The predicted molar refractivity (Wildman–Crippen MR) is 109 cm³/mol. The number of aryl methyl sites for hydroxylation is 1. The van der Waals surface area contributed by atoms with Gasteiger partial charge >= 0.3 is 0 Å². The lowest BCUT2D eigenvalue weighted by Crippen LogP contribution is -2.49. The van der Waals surface area contributed by atoms with Crippen LogP contribution in [0.3, 0.4) is 0 Å². The summed E-state index contributed by atoms with van der Waals surface area (Å²) in [6.45, 7) is 7.01. The Morgan fingerprint density at radius 3 is 2.39 bits per heavy atom. The van der Waals surface area contributed by atoms with Crippen LogP contribution < -0.4 is 14.8 Å². The van der Waals surface area contributed by atoms with Gasteiger partial charge < -0.3 is 24.6 Å². The first-order chi connectivity index (χ1) is 13.6. The highest BCUT2D eigenvalue weighted by Crippen LogP contribution is 2.28. The van der Waals surface area contributed by atoms with Crippen LogP contribution in [0, 0.1) is 0 Å². The molecule has 1 aromatic rings. The molecular weight excluding hydrogens is 358 g/mol. The van der Waals surface area contributed by atoms with Crippen LogP contribution in [0.15, 0.2) is 18.2 Å². The highest BCUT2D eigenvalue weighted by atomic mass is 16.5. The number of amides is 2. The summed E-state index contributed by atoms with van der Waals surface area (Å²) in [6.07, 6.45) is 2.34. The zero-order chi connectivity index (χ0) is 20.4. The van der Waals surface area contributed by atoms with E-state index in [1.165, 1.54) is 0 Å². The summed E-state index contributed by atoms with van der Waals surface area (Å²) in [4.78, 5) is 28.5. The largest absolute Gasteiger partial charge is 0.493 e. The van der Waals surface area contributed by atoms with Crippen LogP contribution in [0.2, 0.25) is 0 Å². The van der Waals surface area contributed by atoms with Crippen molar-refractivity contribution in [1.29, 1.82) is 0 Å². The maximum absolute atomic E-state index is 12.2. The number of carbonyl (C=O) groups excluding carboxylic acids is 2. The average Bonchev–Trinajstić information content (AvgIpc) is 2.73. The number of nitrogens with zero attached hydrogens (tertiary/aromatic N) is 2. The third kappa shape index (κ3) is 6.71. The van der Waals surface area contributed by atoms with E-state index < -0.39 is 0 Å². The first-order valence-electron chi connectivity index (χ1n) is 10.0. The predicted octanol–water partition coefficient (Wildman–Crippen LogP) is 1.70. The zero-order valence-electron chi connectivity index (χ0n) is 17.3. The number of likely N-dealkylation sites (N-methyl/N-ethyl adjacent to an activating group) is 1. The number of carbonyl (C=O) groups is 2. The van der Waals surface area contributed by atoms with Crippen LogP contribution in [-0.4, -0.2) is 75.1 Å². The normalized spacial score (nSPS) is 14.6. The van der Waals surface area contributed by atoms with Crippen LogP contribution in [0.4, 0.5) is 0 Å². The number of ether oxygens (including phenoxy) is 2. The molecule has 1 N–H and O–H groups in total. The lowest BCUT2D eigenvalue weighted by molar-refractivity contribution is -0.132. The summed E-state index contributed by atoms with van der Waals surface area (Å²) in [5.74, 6) is 1.51. The van der Waals surface area contributed by atoms with E-state index in [9.17, 15) is 9.59 Å². The van der Waals surface area contributed by atoms with Gasteiger partial charge in [0, 0.05) is 45.6 Å². The van der Waals surface area contributed by atoms with E-state index in [0.717, 1.165) is 51.1 Å². The quantitative estimate of drug-likeness (QED) is 0.657. The SMILES string of the molecule is CCN1CCN(C(=O)CCNC(=O)CCCc2ccc(OC)c(OC)c2)CC1. The molecule has 0 atom stereocenters. The van der Waals surface area contributed by atoms with E-state index in [-0.39, 0.29) is 11.8 Å². The van der Waals surface area contributed by atoms with Crippen LogP contribution in [0.5, 0.6) is 11.5 Å². The number of methoxy groups -OCH3 is 2. The third-order valence-corrected chi connectivity index (χ3v) is 5.15. The molecule has 0 spiro atoms.